The van der Waals surface area contributed by atoms with Gasteiger partial charge in [-0.2, -0.15) is 12.6 Å². The summed E-state index contributed by atoms with van der Waals surface area (Å²) >= 11 is 4.90. The number of hydrogen-bond acceptors (Lipinski definition) is 5. The number of piperidine rings is 1. The highest BCUT2D eigenvalue weighted by molar-refractivity contribution is 7.81. The molecule has 1 N–H and O–H groups in total. The maximum atomic E-state index is 12.2. The van der Waals surface area contributed by atoms with Crippen molar-refractivity contribution in [1.82, 2.24) is 4.90 Å². The molecule has 1 aromatic rings. The second-order valence-corrected chi connectivity index (χ2v) is 9.74. The molecule has 1 saturated heterocycles. The zero-order valence-electron chi connectivity index (χ0n) is 15.3. The maximum Gasteiger partial charge on any atom is 0.165 e. The summed E-state index contributed by atoms with van der Waals surface area (Å²) < 4.78 is 12.1. The Hall–Kier alpha value is -0.910. The van der Waals surface area contributed by atoms with Crippen LogP contribution in [0.2, 0.25) is 0 Å². The summed E-state index contributed by atoms with van der Waals surface area (Å²) in [5.41, 5.74) is 1.56. The second-order valence-electron chi connectivity index (χ2n) is 9.08. The lowest BCUT2D eigenvalue weighted by molar-refractivity contribution is -0.183. The fraction of sp³-hybridized carbons (Fsp3) is 0.714. The molecule has 2 bridgehead atoms. The van der Waals surface area contributed by atoms with Crippen molar-refractivity contribution in [3.63, 3.8) is 0 Å². The first-order valence-electron chi connectivity index (χ1n) is 10.1. The van der Waals surface area contributed by atoms with Crippen LogP contribution in [-0.2, 0) is 11.8 Å². The van der Waals surface area contributed by atoms with Crippen molar-refractivity contribution in [3.8, 4) is 11.5 Å². The van der Waals surface area contributed by atoms with E-state index in [-0.39, 0.29) is 22.8 Å². The zero-order valence-corrected chi connectivity index (χ0v) is 16.2. The van der Waals surface area contributed by atoms with Gasteiger partial charge in [-0.05, 0) is 62.6 Å². The van der Waals surface area contributed by atoms with E-state index >= 15 is 0 Å². The Morgan fingerprint density at radius 1 is 1.31 bits per heavy atom. The van der Waals surface area contributed by atoms with Crippen LogP contribution in [0.4, 0.5) is 0 Å². The van der Waals surface area contributed by atoms with Crippen molar-refractivity contribution in [3.05, 3.63) is 23.3 Å². The van der Waals surface area contributed by atoms with Gasteiger partial charge in [0, 0.05) is 23.4 Å². The van der Waals surface area contributed by atoms with E-state index in [2.05, 4.69) is 11.0 Å². The molecule has 0 unspecified atom stereocenters. The van der Waals surface area contributed by atoms with Crippen LogP contribution < -0.4 is 9.47 Å². The minimum Gasteiger partial charge on any atom is -0.493 e. The lowest BCUT2D eigenvalue weighted by atomic mass is 9.49. The summed E-state index contributed by atoms with van der Waals surface area (Å²) in [6.45, 7) is 2.21. The molecule has 2 saturated carbocycles. The topological polar surface area (TPSA) is 41.9 Å². The molecule has 5 aliphatic rings. The van der Waals surface area contributed by atoms with E-state index in [1.54, 1.807) is 7.11 Å². The highest BCUT2D eigenvalue weighted by atomic mass is 32.1. The van der Waals surface area contributed by atoms with Crippen LogP contribution >= 0.6 is 12.6 Å². The monoisotopic (exact) mass is 373 g/mol. The number of rotatable bonds is 3. The van der Waals surface area contributed by atoms with E-state index in [0.29, 0.717) is 0 Å². The molecule has 0 radical (unpaired) electrons. The van der Waals surface area contributed by atoms with Gasteiger partial charge in [0.25, 0.3) is 0 Å². The highest BCUT2D eigenvalue weighted by Crippen LogP contribution is 2.66. The molecule has 5 heteroatoms. The Labute approximate surface area is 160 Å². The first-order valence-corrected chi connectivity index (χ1v) is 10.6. The normalized spacial score (nSPS) is 43.0. The zero-order chi connectivity index (χ0) is 17.7. The average molecular weight is 374 g/mol. The van der Waals surface area contributed by atoms with Crippen molar-refractivity contribution in [2.75, 3.05) is 20.2 Å². The molecule has 2 heterocycles. The molecular weight excluding hydrogens is 346 g/mol. The second kappa shape index (κ2) is 5.12. The van der Waals surface area contributed by atoms with Crippen LogP contribution in [-0.4, -0.2) is 53.2 Å². The van der Waals surface area contributed by atoms with Gasteiger partial charge in [-0.1, -0.05) is 6.07 Å². The molecule has 6 rings (SSSR count). The fourth-order valence-electron chi connectivity index (χ4n) is 6.61. The van der Waals surface area contributed by atoms with Crippen molar-refractivity contribution < 1.29 is 14.6 Å². The van der Waals surface area contributed by atoms with Gasteiger partial charge in [0.05, 0.1) is 18.1 Å². The lowest BCUT2D eigenvalue weighted by Gasteiger charge is -2.64. The third-order valence-electron chi connectivity index (χ3n) is 7.94. The van der Waals surface area contributed by atoms with E-state index in [4.69, 9.17) is 22.1 Å². The molecule has 4 nitrogen and oxygen atoms in total. The SMILES string of the molecule is COc1ccc2c3c1O[C@H]1[C@H](S)CC[C@@]4(O)[C@@H](C2)N(CC2CC2)CC[C@]314. The summed E-state index contributed by atoms with van der Waals surface area (Å²) in [5, 5.41) is 12.4. The van der Waals surface area contributed by atoms with Crippen LogP contribution in [0.25, 0.3) is 0 Å². The molecule has 5 atom stereocenters. The van der Waals surface area contributed by atoms with Gasteiger partial charge in [-0.25, -0.2) is 0 Å². The summed E-state index contributed by atoms with van der Waals surface area (Å²) in [6, 6.07) is 4.46. The van der Waals surface area contributed by atoms with Gasteiger partial charge >= 0.3 is 0 Å². The molecule has 2 aliphatic heterocycles. The average Bonchev–Trinajstić information content (AvgIpc) is 3.37. The minimum atomic E-state index is -0.714. The molecule has 26 heavy (non-hydrogen) atoms. The van der Waals surface area contributed by atoms with E-state index < -0.39 is 5.60 Å². The maximum absolute atomic E-state index is 12.2. The van der Waals surface area contributed by atoms with Crippen molar-refractivity contribution in [2.45, 2.75) is 66.9 Å². The number of aliphatic hydroxyl groups is 1. The van der Waals surface area contributed by atoms with Crippen LogP contribution in [0.1, 0.15) is 43.2 Å². The van der Waals surface area contributed by atoms with E-state index in [1.807, 2.05) is 6.07 Å². The molecule has 1 spiro atoms. The first kappa shape index (κ1) is 16.1. The number of nitrogens with zero attached hydrogens (tertiary/aromatic N) is 1. The lowest BCUT2D eigenvalue weighted by Crippen LogP contribution is -2.76. The Balaban J connectivity index is 1.56. The summed E-state index contributed by atoms with van der Waals surface area (Å²) in [4.78, 5) is 2.60. The van der Waals surface area contributed by atoms with Gasteiger partial charge in [-0.15, -0.1) is 0 Å². The number of hydrogen-bond donors (Lipinski definition) is 2. The van der Waals surface area contributed by atoms with Crippen LogP contribution in [0.3, 0.4) is 0 Å². The van der Waals surface area contributed by atoms with Gasteiger partial charge in [0.15, 0.2) is 11.5 Å². The van der Waals surface area contributed by atoms with Gasteiger partial charge in [0.2, 0.25) is 0 Å². The smallest absolute Gasteiger partial charge is 0.165 e. The molecular formula is C21H27NO3S. The standard InChI is InChI=1S/C21H27NO3S/c1-24-14-5-4-13-10-16-21(23)7-6-15(26)19-20(21,17(13)18(14)25-19)8-9-22(16)11-12-2-3-12/h4-5,12,15-16,19,23,26H,2-3,6-11H2,1H3/t15-,16-,19+,20+,21-/m1/s1. The van der Waals surface area contributed by atoms with Crippen molar-refractivity contribution in [1.29, 1.82) is 0 Å². The molecule has 3 fully saturated rings. The van der Waals surface area contributed by atoms with Crippen LogP contribution in [0.15, 0.2) is 12.1 Å². The minimum absolute atomic E-state index is 0.0551. The summed E-state index contributed by atoms with van der Waals surface area (Å²) in [7, 11) is 1.70. The van der Waals surface area contributed by atoms with Gasteiger partial charge < -0.3 is 14.6 Å². The van der Waals surface area contributed by atoms with E-state index in [1.165, 1.54) is 24.0 Å². The van der Waals surface area contributed by atoms with Gasteiger partial charge in [-0.3, -0.25) is 4.90 Å². The number of ether oxygens (including phenoxy) is 2. The third-order valence-corrected chi connectivity index (χ3v) is 8.46. The van der Waals surface area contributed by atoms with Crippen molar-refractivity contribution >= 4 is 12.6 Å². The number of methoxy groups -OCH3 is 1. The summed E-state index contributed by atoms with van der Waals surface area (Å²) in [5.74, 6) is 2.52. The first-order chi connectivity index (χ1) is 12.6. The molecule has 0 amide bonds. The quantitative estimate of drug-likeness (QED) is 0.799. The highest BCUT2D eigenvalue weighted by Gasteiger charge is 2.72. The Morgan fingerprint density at radius 2 is 2.15 bits per heavy atom. The Kier molecular flexibility index (Phi) is 3.17. The van der Waals surface area contributed by atoms with Gasteiger partial charge in [0.1, 0.15) is 6.10 Å². The van der Waals surface area contributed by atoms with E-state index in [9.17, 15) is 5.11 Å². The molecule has 1 aromatic carbocycles. The molecule has 140 valence electrons. The predicted molar refractivity (Wildman–Crippen MR) is 102 cm³/mol. The fourth-order valence-corrected chi connectivity index (χ4v) is 7.05. The van der Waals surface area contributed by atoms with E-state index in [0.717, 1.165) is 56.2 Å². The largest absolute Gasteiger partial charge is 0.493 e. The van der Waals surface area contributed by atoms with Crippen LogP contribution in [0, 0.1) is 5.92 Å². The number of thiol groups is 1. The molecule has 0 aromatic heterocycles. The Bertz CT molecular complexity index is 781. The predicted octanol–water partition coefficient (Wildman–Crippen LogP) is 2.56. The summed E-state index contributed by atoms with van der Waals surface area (Å²) in [6.07, 6.45) is 6.27. The van der Waals surface area contributed by atoms with Crippen LogP contribution in [0.5, 0.6) is 11.5 Å². The van der Waals surface area contributed by atoms with Crippen molar-refractivity contribution in [2.24, 2.45) is 5.92 Å². The molecule has 3 aliphatic carbocycles. The number of likely N-dealkylation sites (tertiary alicyclic amines) is 1. The third kappa shape index (κ3) is 1.76. The number of benzene rings is 1. The Morgan fingerprint density at radius 3 is 2.92 bits per heavy atom.